The van der Waals surface area contributed by atoms with E-state index in [0.29, 0.717) is 32.4 Å². The summed E-state index contributed by atoms with van der Waals surface area (Å²) in [5.41, 5.74) is 1.000. The highest BCUT2D eigenvalue weighted by atomic mass is 19.1. The van der Waals surface area contributed by atoms with Crippen LogP contribution in [0.4, 0.5) is 4.39 Å². The predicted molar refractivity (Wildman–Crippen MR) is 99.7 cm³/mol. The number of rotatable bonds is 8. The lowest BCUT2D eigenvalue weighted by Gasteiger charge is -2.26. The van der Waals surface area contributed by atoms with Crippen molar-refractivity contribution in [1.82, 2.24) is 15.1 Å². The van der Waals surface area contributed by atoms with Crippen LogP contribution < -0.4 is 5.32 Å². The Kier molecular flexibility index (Phi) is 7.18. The van der Waals surface area contributed by atoms with Gasteiger partial charge < -0.3 is 15.0 Å². The summed E-state index contributed by atoms with van der Waals surface area (Å²) >= 11 is 0. The van der Waals surface area contributed by atoms with Crippen LogP contribution in [0.25, 0.3) is 0 Å². The van der Waals surface area contributed by atoms with Crippen molar-refractivity contribution in [3.63, 3.8) is 0 Å². The fraction of sp³-hybridized carbons (Fsp3) is 0.600. The third kappa shape index (κ3) is 6.29. The van der Waals surface area contributed by atoms with Crippen molar-refractivity contribution < 1.29 is 18.7 Å². The van der Waals surface area contributed by atoms with Gasteiger partial charge in [-0.15, -0.1) is 0 Å². The molecule has 1 aromatic rings. The largest absolute Gasteiger partial charge is 0.379 e. The monoisotopic (exact) mass is 377 g/mol. The summed E-state index contributed by atoms with van der Waals surface area (Å²) in [7, 11) is 0. The molecule has 1 aromatic carbocycles. The van der Waals surface area contributed by atoms with E-state index in [1.54, 1.807) is 17.0 Å². The zero-order chi connectivity index (χ0) is 19.1. The van der Waals surface area contributed by atoms with Crippen LogP contribution in [-0.4, -0.2) is 73.6 Å². The lowest BCUT2D eigenvalue weighted by Crippen LogP contribution is -2.39. The molecule has 2 heterocycles. The van der Waals surface area contributed by atoms with E-state index in [0.717, 1.165) is 44.8 Å². The fourth-order valence-corrected chi connectivity index (χ4v) is 3.59. The lowest BCUT2D eigenvalue weighted by atomic mass is 10.1. The van der Waals surface area contributed by atoms with Gasteiger partial charge in [0.25, 0.3) is 0 Å². The molecule has 27 heavy (non-hydrogen) atoms. The molecule has 0 spiro atoms. The number of carbonyl (C=O) groups is 2. The molecule has 3 rings (SSSR count). The molecule has 1 atom stereocenters. The number of amides is 2. The average Bonchev–Trinajstić information content (AvgIpc) is 3.01. The molecule has 0 bridgehead atoms. The molecule has 0 unspecified atom stereocenters. The van der Waals surface area contributed by atoms with Gasteiger partial charge in [-0.2, -0.15) is 0 Å². The second-order valence-electron chi connectivity index (χ2n) is 7.24. The van der Waals surface area contributed by atoms with Crippen molar-refractivity contribution in [3.8, 4) is 0 Å². The number of hydrogen-bond donors (Lipinski definition) is 1. The molecule has 2 amide bonds. The van der Waals surface area contributed by atoms with E-state index in [1.165, 1.54) is 12.1 Å². The zero-order valence-corrected chi connectivity index (χ0v) is 15.7. The first kappa shape index (κ1) is 19.8. The predicted octanol–water partition coefficient (Wildman–Crippen LogP) is 1.20. The van der Waals surface area contributed by atoms with E-state index < -0.39 is 0 Å². The van der Waals surface area contributed by atoms with Crippen LogP contribution in [0.15, 0.2) is 24.3 Å². The Hall–Kier alpha value is -1.99. The van der Waals surface area contributed by atoms with Gasteiger partial charge in [-0.05, 0) is 37.1 Å². The second-order valence-corrected chi connectivity index (χ2v) is 7.24. The molecule has 0 saturated carbocycles. The smallest absolute Gasteiger partial charge is 0.224 e. The number of carbonyl (C=O) groups excluding carboxylic acids is 2. The normalized spacial score (nSPS) is 20.9. The summed E-state index contributed by atoms with van der Waals surface area (Å²) < 4.78 is 18.3. The minimum absolute atomic E-state index is 0.0152. The van der Waals surface area contributed by atoms with Crippen LogP contribution in [0.5, 0.6) is 0 Å². The highest BCUT2D eigenvalue weighted by Crippen LogP contribution is 2.13. The van der Waals surface area contributed by atoms with E-state index in [2.05, 4.69) is 10.2 Å². The summed E-state index contributed by atoms with van der Waals surface area (Å²) in [5, 5.41) is 2.99. The molecule has 0 aromatic heterocycles. The highest BCUT2D eigenvalue weighted by molar-refractivity contribution is 5.82. The van der Waals surface area contributed by atoms with Gasteiger partial charge >= 0.3 is 0 Å². The van der Waals surface area contributed by atoms with Crippen LogP contribution >= 0.6 is 0 Å². The minimum Gasteiger partial charge on any atom is -0.379 e. The first-order valence-electron chi connectivity index (χ1n) is 9.72. The fourth-order valence-electron chi connectivity index (χ4n) is 3.59. The maximum atomic E-state index is 12.9. The van der Waals surface area contributed by atoms with Crippen LogP contribution in [0.2, 0.25) is 0 Å². The number of morpholine rings is 1. The molecule has 2 fully saturated rings. The molecule has 1 N–H and O–H groups in total. The van der Waals surface area contributed by atoms with E-state index in [9.17, 15) is 14.0 Å². The summed E-state index contributed by atoms with van der Waals surface area (Å²) in [6, 6.07) is 6.23. The van der Waals surface area contributed by atoms with E-state index >= 15 is 0 Å². The van der Waals surface area contributed by atoms with Crippen LogP contribution in [-0.2, 0) is 20.7 Å². The zero-order valence-electron chi connectivity index (χ0n) is 15.7. The maximum Gasteiger partial charge on any atom is 0.224 e. The van der Waals surface area contributed by atoms with Crippen LogP contribution in [0.3, 0.4) is 0 Å². The Morgan fingerprint density at radius 3 is 2.67 bits per heavy atom. The number of hydrogen-bond acceptors (Lipinski definition) is 4. The molecule has 148 valence electrons. The number of nitrogens with one attached hydrogen (secondary N) is 1. The number of ether oxygens (including phenoxy) is 1. The van der Waals surface area contributed by atoms with Gasteiger partial charge in [0.15, 0.2) is 0 Å². The van der Waals surface area contributed by atoms with Crippen molar-refractivity contribution in [2.24, 2.45) is 0 Å². The van der Waals surface area contributed by atoms with Crippen LogP contribution in [0, 0.1) is 5.82 Å². The van der Waals surface area contributed by atoms with Crippen molar-refractivity contribution in [1.29, 1.82) is 0 Å². The van der Waals surface area contributed by atoms with E-state index in [4.69, 9.17) is 4.74 Å². The summed E-state index contributed by atoms with van der Waals surface area (Å²) in [6.07, 6.45) is 2.35. The van der Waals surface area contributed by atoms with Gasteiger partial charge in [0.2, 0.25) is 11.8 Å². The molecular weight excluding hydrogens is 349 g/mol. The lowest BCUT2D eigenvalue weighted by molar-refractivity contribution is -0.127. The highest BCUT2D eigenvalue weighted by Gasteiger charge is 2.30. The Bertz CT molecular complexity index is 632. The standard InChI is InChI=1S/C20H28FN3O3/c21-17-5-3-16(4-6-17)7-9-24-15-18(14-20(24)26)22-19(25)2-1-8-23-10-12-27-13-11-23/h3-6,18H,1-2,7-15H2,(H,22,25)/t18-/m1/s1. The van der Waals surface area contributed by atoms with Gasteiger partial charge in [-0.25, -0.2) is 4.39 Å². The Balaban J connectivity index is 1.34. The van der Waals surface area contributed by atoms with Crippen molar-refractivity contribution >= 4 is 11.8 Å². The van der Waals surface area contributed by atoms with Crippen molar-refractivity contribution in [2.75, 3.05) is 45.9 Å². The second kappa shape index (κ2) is 9.80. The molecule has 2 saturated heterocycles. The van der Waals surface area contributed by atoms with Crippen molar-refractivity contribution in [2.45, 2.75) is 31.7 Å². The van der Waals surface area contributed by atoms with E-state index in [-0.39, 0.29) is 23.7 Å². The molecule has 7 heteroatoms. The maximum absolute atomic E-state index is 12.9. The van der Waals surface area contributed by atoms with Gasteiger partial charge in [0.05, 0.1) is 19.3 Å². The summed E-state index contributed by atoms with van der Waals surface area (Å²) in [5.74, 6) is -0.176. The summed E-state index contributed by atoms with van der Waals surface area (Å²) in [4.78, 5) is 28.4. The van der Waals surface area contributed by atoms with Gasteiger partial charge in [-0.3, -0.25) is 14.5 Å². The third-order valence-electron chi connectivity index (χ3n) is 5.15. The number of halogens is 1. The third-order valence-corrected chi connectivity index (χ3v) is 5.15. The topological polar surface area (TPSA) is 61.9 Å². The first-order chi connectivity index (χ1) is 13.1. The first-order valence-corrected chi connectivity index (χ1v) is 9.72. The van der Waals surface area contributed by atoms with Gasteiger partial charge in [-0.1, -0.05) is 12.1 Å². The SMILES string of the molecule is O=C(CCCN1CCOCC1)N[C@@H]1CC(=O)N(CCc2ccc(F)cc2)C1. The minimum atomic E-state index is -0.257. The van der Waals surface area contributed by atoms with Gasteiger partial charge in [0.1, 0.15) is 5.82 Å². The Morgan fingerprint density at radius 1 is 1.19 bits per heavy atom. The Labute approximate surface area is 159 Å². The number of nitrogens with zero attached hydrogens (tertiary/aromatic N) is 2. The average molecular weight is 377 g/mol. The molecule has 0 radical (unpaired) electrons. The molecular formula is C20H28FN3O3. The summed E-state index contributed by atoms with van der Waals surface area (Å²) in [6.45, 7) is 5.45. The number of likely N-dealkylation sites (tertiary alicyclic amines) is 1. The molecule has 6 nitrogen and oxygen atoms in total. The van der Waals surface area contributed by atoms with E-state index in [1.807, 2.05) is 0 Å². The molecule has 0 aliphatic carbocycles. The Morgan fingerprint density at radius 2 is 1.93 bits per heavy atom. The van der Waals surface area contributed by atoms with Gasteiger partial charge in [0, 0.05) is 39.0 Å². The van der Waals surface area contributed by atoms with Crippen molar-refractivity contribution in [3.05, 3.63) is 35.6 Å². The number of benzene rings is 1. The molecule has 2 aliphatic rings. The van der Waals surface area contributed by atoms with Crippen LogP contribution in [0.1, 0.15) is 24.8 Å². The quantitative estimate of drug-likeness (QED) is 0.740. The molecule has 2 aliphatic heterocycles.